The summed E-state index contributed by atoms with van der Waals surface area (Å²) in [6.45, 7) is -0.396. The topological polar surface area (TPSA) is 140 Å². The lowest BCUT2D eigenvalue weighted by molar-refractivity contribution is -0.384. The molecule has 0 unspecified atom stereocenters. The van der Waals surface area contributed by atoms with Crippen LogP contribution >= 0.6 is 0 Å². The number of nitrogens with zero attached hydrogens (tertiary/aromatic N) is 4. The summed E-state index contributed by atoms with van der Waals surface area (Å²) in [6, 6.07) is 8.06. The van der Waals surface area contributed by atoms with Crippen molar-refractivity contribution in [1.82, 2.24) is 15.2 Å². The zero-order chi connectivity index (χ0) is 17.8. The maximum atomic E-state index is 11.3. The van der Waals surface area contributed by atoms with Crippen molar-refractivity contribution >= 4 is 33.9 Å². The van der Waals surface area contributed by atoms with E-state index in [1.807, 2.05) is 0 Å². The number of nitrogens with one attached hydrogen (secondary N) is 2. The van der Waals surface area contributed by atoms with Crippen molar-refractivity contribution in [3.8, 4) is 0 Å². The van der Waals surface area contributed by atoms with Crippen LogP contribution < -0.4 is 10.2 Å². The van der Waals surface area contributed by atoms with Gasteiger partial charge in [-0.25, -0.2) is 4.98 Å². The molecule has 0 fully saturated rings. The second-order valence-electron chi connectivity index (χ2n) is 5.22. The van der Waals surface area contributed by atoms with Gasteiger partial charge in [0.2, 0.25) is 5.82 Å². The summed E-state index contributed by atoms with van der Waals surface area (Å²) in [5.41, 5.74) is 1.26. The number of fused-ring (bicyclic) bond motifs is 1. The Kier molecular flexibility index (Phi) is 4.73. The van der Waals surface area contributed by atoms with Crippen LogP contribution in [0.2, 0.25) is 0 Å². The number of nitro groups is 1. The molecule has 10 nitrogen and oxygen atoms in total. The summed E-state index contributed by atoms with van der Waals surface area (Å²) >= 11 is 0. The standard InChI is InChI=1S/C15H16N6O4/c22-6-5-20(9-23)14-4-3-13(21(24)25)15(18-14)17-11-1-2-12-10(7-11)8-16-19-12/h1-4,7-8,22-23H,5-6,9H2,(H,16,19)(H,17,18). The van der Waals surface area contributed by atoms with Gasteiger partial charge in [0, 0.05) is 23.7 Å². The molecule has 0 aliphatic heterocycles. The lowest BCUT2D eigenvalue weighted by Gasteiger charge is -2.20. The Labute approximate surface area is 141 Å². The first-order chi connectivity index (χ1) is 12.1. The van der Waals surface area contributed by atoms with Gasteiger partial charge >= 0.3 is 5.69 Å². The lowest BCUT2D eigenvalue weighted by atomic mass is 10.2. The average Bonchev–Trinajstić information content (AvgIpc) is 3.07. The van der Waals surface area contributed by atoms with Gasteiger partial charge in [0.05, 0.1) is 23.2 Å². The zero-order valence-corrected chi connectivity index (χ0v) is 13.1. The van der Waals surface area contributed by atoms with E-state index >= 15 is 0 Å². The van der Waals surface area contributed by atoms with Gasteiger partial charge in [-0.2, -0.15) is 5.10 Å². The van der Waals surface area contributed by atoms with Gasteiger partial charge in [0.25, 0.3) is 0 Å². The van der Waals surface area contributed by atoms with Crippen LogP contribution in [-0.2, 0) is 0 Å². The molecule has 3 rings (SSSR count). The second-order valence-corrected chi connectivity index (χ2v) is 5.22. The third kappa shape index (κ3) is 3.49. The molecule has 0 saturated carbocycles. The van der Waals surface area contributed by atoms with Crippen molar-refractivity contribution in [2.24, 2.45) is 0 Å². The van der Waals surface area contributed by atoms with E-state index in [1.165, 1.54) is 17.0 Å². The lowest BCUT2D eigenvalue weighted by Crippen LogP contribution is -2.28. The number of aromatic nitrogens is 3. The van der Waals surface area contributed by atoms with E-state index in [-0.39, 0.29) is 31.4 Å². The maximum absolute atomic E-state index is 11.3. The highest BCUT2D eigenvalue weighted by Gasteiger charge is 2.18. The van der Waals surface area contributed by atoms with Crippen molar-refractivity contribution in [1.29, 1.82) is 0 Å². The minimum absolute atomic E-state index is 0.0433. The van der Waals surface area contributed by atoms with Crippen molar-refractivity contribution in [2.75, 3.05) is 30.1 Å². The predicted octanol–water partition coefficient (Wildman–Crippen LogP) is 1.36. The molecular weight excluding hydrogens is 328 g/mol. The molecule has 1 aromatic carbocycles. The van der Waals surface area contributed by atoms with E-state index < -0.39 is 4.92 Å². The van der Waals surface area contributed by atoms with Gasteiger partial charge in [0.15, 0.2) is 0 Å². The van der Waals surface area contributed by atoms with Gasteiger partial charge in [-0.1, -0.05) is 0 Å². The van der Waals surface area contributed by atoms with E-state index in [0.29, 0.717) is 11.5 Å². The van der Waals surface area contributed by atoms with Crippen LogP contribution in [0.4, 0.5) is 23.0 Å². The smallest absolute Gasteiger partial charge is 0.311 e. The summed E-state index contributed by atoms with van der Waals surface area (Å²) < 4.78 is 0. The van der Waals surface area contributed by atoms with Gasteiger partial charge in [-0.05, 0) is 24.3 Å². The molecule has 0 aliphatic rings. The van der Waals surface area contributed by atoms with E-state index in [9.17, 15) is 15.2 Å². The molecular formula is C15H16N6O4. The van der Waals surface area contributed by atoms with Crippen LogP contribution in [-0.4, -0.2) is 50.2 Å². The fourth-order valence-corrected chi connectivity index (χ4v) is 2.39. The van der Waals surface area contributed by atoms with Crippen molar-refractivity contribution < 1.29 is 15.1 Å². The average molecular weight is 344 g/mol. The van der Waals surface area contributed by atoms with Crippen molar-refractivity contribution in [3.63, 3.8) is 0 Å². The number of H-pyrrole nitrogens is 1. The van der Waals surface area contributed by atoms with Crippen LogP contribution in [0, 0.1) is 10.1 Å². The molecule has 10 heteroatoms. The normalized spacial score (nSPS) is 10.8. The van der Waals surface area contributed by atoms with Gasteiger partial charge in [0.1, 0.15) is 12.5 Å². The summed E-state index contributed by atoms with van der Waals surface area (Å²) in [7, 11) is 0. The SMILES string of the molecule is O=[N+]([O-])c1ccc(N(CO)CCO)nc1Nc1ccc2[nH]ncc2c1. The Morgan fingerprint density at radius 1 is 1.28 bits per heavy atom. The minimum Gasteiger partial charge on any atom is -0.395 e. The quantitative estimate of drug-likeness (QED) is 0.286. The maximum Gasteiger partial charge on any atom is 0.311 e. The Morgan fingerprint density at radius 3 is 2.84 bits per heavy atom. The van der Waals surface area contributed by atoms with E-state index in [2.05, 4.69) is 20.5 Å². The molecule has 2 aromatic heterocycles. The van der Waals surface area contributed by atoms with Gasteiger partial charge in [-0.15, -0.1) is 0 Å². The Hall–Kier alpha value is -3.24. The minimum atomic E-state index is -0.537. The fraction of sp³-hybridized carbons (Fsp3) is 0.200. The first kappa shape index (κ1) is 16.6. The first-order valence-corrected chi connectivity index (χ1v) is 7.44. The summed E-state index contributed by atoms with van der Waals surface area (Å²) in [4.78, 5) is 16.4. The highest BCUT2D eigenvalue weighted by molar-refractivity contribution is 5.83. The Bertz CT molecular complexity index is 897. The number of pyridine rings is 1. The van der Waals surface area contributed by atoms with Crippen LogP contribution in [0.25, 0.3) is 10.9 Å². The van der Waals surface area contributed by atoms with E-state index in [0.717, 1.165) is 10.9 Å². The monoisotopic (exact) mass is 344 g/mol. The van der Waals surface area contributed by atoms with Crippen LogP contribution in [0.1, 0.15) is 0 Å². The third-order valence-corrected chi connectivity index (χ3v) is 3.62. The number of anilines is 3. The first-order valence-electron chi connectivity index (χ1n) is 7.44. The van der Waals surface area contributed by atoms with Crippen molar-refractivity contribution in [3.05, 3.63) is 46.6 Å². The number of aliphatic hydroxyl groups is 2. The molecule has 25 heavy (non-hydrogen) atoms. The highest BCUT2D eigenvalue weighted by Crippen LogP contribution is 2.29. The largest absolute Gasteiger partial charge is 0.395 e. The van der Waals surface area contributed by atoms with Crippen LogP contribution in [0.3, 0.4) is 0 Å². The van der Waals surface area contributed by atoms with E-state index in [4.69, 9.17) is 5.11 Å². The number of rotatable bonds is 7. The summed E-state index contributed by atoms with van der Waals surface area (Å²) in [5.74, 6) is 0.357. The Balaban J connectivity index is 1.97. The highest BCUT2D eigenvalue weighted by atomic mass is 16.6. The zero-order valence-electron chi connectivity index (χ0n) is 13.1. The number of aliphatic hydroxyl groups excluding tert-OH is 2. The third-order valence-electron chi connectivity index (χ3n) is 3.62. The van der Waals surface area contributed by atoms with Crippen molar-refractivity contribution in [2.45, 2.75) is 0 Å². The van der Waals surface area contributed by atoms with Gasteiger partial charge < -0.3 is 20.4 Å². The number of aromatic amines is 1. The Morgan fingerprint density at radius 2 is 2.12 bits per heavy atom. The molecule has 3 aromatic rings. The molecule has 130 valence electrons. The number of hydrogen-bond acceptors (Lipinski definition) is 8. The molecule has 0 amide bonds. The molecule has 2 heterocycles. The van der Waals surface area contributed by atoms with Crippen LogP contribution in [0.15, 0.2) is 36.5 Å². The molecule has 0 radical (unpaired) electrons. The summed E-state index contributed by atoms with van der Waals surface area (Å²) in [5, 5.41) is 40.2. The molecule has 0 bridgehead atoms. The molecule has 0 aliphatic carbocycles. The molecule has 0 spiro atoms. The number of benzene rings is 1. The fourth-order valence-electron chi connectivity index (χ4n) is 2.39. The molecule has 4 N–H and O–H groups in total. The van der Waals surface area contributed by atoms with Crippen LogP contribution in [0.5, 0.6) is 0 Å². The predicted molar refractivity (Wildman–Crippen MR) is 91.8 cm³/mol. The molecule has 0 saturated heterocycles. The van der Waals surface area contributed by atoms with Gasteiger partial charge in [-0.3, -0.25) is 15.2 Å². The van der Waals surface area contributed by atoms with E-state index in [1.54, 1.807) is 24.4 Å². The summed E-state index contributed by atoms with van der Waals surface area (Å²) in [6.07, 6.45) is 1.65. The second kappa shape index (κ2) is 7.11. The number of hydrogen-bond donors (Lipinski definition) is 4. The molecule has 0 atom stereocenters.